The monoisotopic (exact) mass is 405 g/mol. The third kappa shape index (κ3) is 2.75. The van der Waals surface area contributed by atoms with Crippen LogP contribution in [-0.4, -0.2) is 42.4 Å². The molecule has 3 aromatic rings. The van der Waals surface area contributed by atoms with Crippen LogP contribution >= 0.6 is 0 Å². The Balaban J connectivity index is 1.93. The number of benzene rings is 2. The lowest BCUT2D eigenvalue weighted by Crippen LogP contribution is -2.30. The maximum atomic E-state index is 13.4. The number of methoxy groups -OCH3 is 2. The molecule has 1 atom stereocenters. The van der Waals surface area contributed by atoms with Gasteiger partial charge in [-0.2, -0.15) is 18.3 Å². The summed E-state index contributed by atoms with van der Waals surface area (Å²) in [5, 5.41) is 6.72. The van der Waals surface area contributed by atoms with E-state index >= 15 is 0 Å². The van der Waals surface area contributed by atoms with Crippen molar-refractivity contribution in [1.82, 2.24) is 10.2 Å². The Hall–Kier alpha value is -3.40. The summed E-state index contributed by atoms with van der Waals surface area (Å²) < 4.78 is 50.2. The van der Waals surface area contributed by atoms with Gasteiger partial charge in [0.05, 0.1) is 29.1 Å². The van der Waals surface area contributed by atoms with Crippen LogP contribution in [0, 0.1) is 0 Å². The van der Waals surface area contributed by atoms with E-state index in [9.17, 15) is 22.8 Å². The van der Waals surface area contributed by atoms with Gasteiger partial charge in [-0.25, -0.2) is 4.90 Å². The number of anilines is 1. The highest BCUT2D eigenvalue weighted by Crippen LogP contribution is 2.45. The number of carbonyl (C=O) groups excluding carboxylic acids is 2. The lowest BCUT2D eigenvalue weighted by molar-refractivity contribution is -0.216. The third-order valence-electron chi connectivity index (χ3n) is 4.72. The summed E-state index contributed by atoms with van der Waals surface area (Å²) >= 11 is 0. The van der Waals surface area contributed by atoms with Crippen LogP contribution in [0.3, 0.4) is 0 Å². The Morgan fingerprint density at radius 1 is 1.03 bits per heavy atom. The summed E-state index contributed by atoms with van der Waals surface area (Å²) in [4.78, 5) is 26.4. The van der Waals surface area contributed by atoms with Gasteiger partial charge in [0.2, 0.25) is 0 Å². The van der Waals surface area contributed by atoms with Crippen LogP contribution in [0.25, 0.3) is 10.9 Å². The van der Waals surface area contributed by atoms with Gasteiger partial charge < -0.3 is 9.47 Å². The Labute approximate surface area is 162 Å². The zero-order valence-corrected chi connectivity index (χ0v) is 15.2. The van der Waals surface area contributed by atoms with Crippen molar-refractivity contribution < 1.29 is 32.2 Å². The van der Waals surface area contributed by atoms with Gasteiger partial charge in [-0.05, 0) is 18.2 Å². The number of rotatable bonds is 4. The van der Waals surface area contributed by atoms with Gasteiger partial charge in [-0.3, -0.25) is 14.7 Å². The second-order valence-corrected chi connectivity index (χ2v) is 6.31. The zero-order valence-electron chi connectivity index (χ0n) is 15.2. The summed E-state index contributed by atoms with van der Waals surface area (Å²) in [6, 6.07) is 8.78. The second-order valence-electron chi connectivity index (χ2n) is 6.31. The van der Waals surface area contributed by atoms with Crippen LogP contribution in [0.15, 0.2) is 36.4 Å². The third-order valence-corrected chi connectivity index (χ3v) is 4.72. The Morgan fingerprint density at radius 3 is 2.17 bits per heavy atom. The SMILES string of the molecule is COc1c(C(OC)C(F)(F)F)ccc2[nH]nc(N3C(=O)c4ccccc4C3=O)c12. The number of alkyl halides is 3. The number of hydrogen-bond donors (Lipinski definition) is 1. The smallest absolute Gasteiger partial charge is 0.418 e. The van der Waals surface area contributed by atoms with Crippen molar-refractivity contribution in [1.29, 1.82) is 0 Å². The van der Waals surface area contributed by atoms with Gasteiger partial charge in [0.25, 0.3) is 11.8 Å². The largest absolute Gasteiger partial charge is 0.496 e. The number of imide groups is 1. The minimum Gasteiger partial charge on any atom is -0.496 e. The minimum atomic E-state index is -4.70. The summed E-state index contributed by atoms with van der Waals surface area (Å²) in [6.07, 6.45) is -6.96. The molecular formula is C19H14F3N3O4. The number of aromatic nitrogens is 2. The first-order valence-electron chi connectivity index (χ1n) is 8.41. The quantitative estimate of drug-likeness (QED) is 0.671. The van der Waals surface area contributed by atoms with E-state index in [4.69, 9.17) is 4.74 Å². The number of amides is 2. The number of halogens is 3. The molecule has 1 aliphatic rings. The molecule has 7 nitrogen and oxygen atoms in total. The summed E-state index contributed by atoms with van der Waals surface area (Å²) in [5.41, 5.74) is 0.381. The van der Waals surface area contributed by atoms with Gasteiger partial charge in [-0.1, -0.05) is 18.2 Å². The molecule has 29 heavy (non-hydrogen) atoms. The molecule has 0 bridgehead atoms. The molecule has 10 heteroatoms. The molecule has 0 saturated carbocycles. The maximum absolute atomic E-state index is 13.4. The van der Waals surface area contributed by atoms with E-state index in [1.165, 1.54) is 31.4 Å². The van der Waals surface area contributed by atoms with E-state index in [0.717, 1.165) is 12.0 Å². The van der Waals surface area contributed by atoms with Gasteiger partial charge in [0, 0.05) is 12.7 Å². The molecule has 1 aliphatic heterocycles. The van der Waals surface area contributed by atoms with Gasteiger partial charge in [-0.15, -0.1) is 0 Å². The van der Waals surface area contributed by atoms with E-state index in [0.29, 0.717) is 5.52 Å². The average molecular weight is 405 g/mol. The fraction of sp³-hybridized carbons (Fsp3) is 0.211. The van der Waals surface area contributed by atoms with E-state index in [1.54, 1.807) is 12.1 Å². The standard InChI is InChI=1S/C19H14F3N3O4/c1-28-14-11(15(29-2)19(20,21)22)7-8-12-13(14)16(24-23-12)25-17(26)9-5-3-4-6-10(9)18(25)27/h3-8,15H,1-2H3,(H,23,24). The first kappa shape index (κ1) is 18.9. The lowest BCUT2D eigenvalue weighted by atomic mass is 10.0. The summed E-state index contributed by atoms with van der Waals surface area (Å²) in [5.74, 6) is -1.56. The molecule has 0 radical (unpaired) electrons. The van der Waals surface area contributed by atoms with Crippen molar-refractivity contribution in [2.75, 3.05) is 19.1 Å². The maximum Gasteiger partial charge on any atom is 0.418 e. The van der Waals surface area contributed by atoms with E-state index in [1.807, 2.05) is 0 Å². The van der Waals surface area contributed by atoms with E-state index in [2.05, 4.69) is 14.9 Å². The molecule has 1 unspecified atom stereocenters. The molecule has 0 spiro atoms. The molecule has 2 aromatic carbocycles. The highest BCUT2D eigenvalue weighted by Gasteiger charge is 2.44. The molecule has 150 valence electrons. The van der Waals surface area contributed by atoms with Crippen molar-refractivity contribution in [2.24, 2.45) is 0 Å². The normalized spacial score (nSPS) is 15.1. The topological polar surface area (TPSA) is 84.5 Å². The second kappa shape index (κ2) is 6.59. The predicted molar refractivity (Wildman–Crippen MR) is 96.0 cm³/mol. The van der Waals surface area contributed by atoms with Crippen LogP contribution in [0.2, 0.25) is 0 Å². The number of ether oxygens (including phenoxy) is 2. The van der Waals surface area contributed by atoms with Crippen molar-refractivity contribution >= 4 is 28.5 Å². The van der Waals surface area contributed by atoms with Crippen molar-refractivity contribution in [3.63, 3.8) is 0 Å². The first-order chi connectivity index (χ1) is 13.8. The fourth-order valence-electron chi connectivity index (χ4n) is 3.49. The molecule has 1 N–H and O–H groups in total. The van der Waals surface area contributed by atoms with Crippen LogP contribution in [0.1, 0.15) is 32.4 Å². The van der Waals surface area contributed by atoms with Crippen LogP contribution < -0.4 is 9.64 Å². The zero-order chi connectivity index (χ0) is 20.9. The molecule has 0 aliphatic carbocycles. The average Bonchev–Trinajstić information content (AvgIpc) is 3.21. The number of aromatic amines is 1. The lowest BCUT2D eigenvalue weighted by Gasteiger charge is -2.22. The van der Waals surface area contributed by atoms with Crippen LogP contribution in [-0.2, 0) is 4.74 Å². The molecule has 2 heterocycles. The Bertz CT molecular complexity index is 1100. The number of H-pyrrole nitrogens is 1. The molecule has 0 fully saturated rings. The number of nitrogens with one attached hydrogen (secondary N) is 1. The Morgan fingerprint density at radius 2 is 1.66 bits per heavy atom. The molecular weight excluding hydrogens is 391 g/mol. The highest BCUT2D eigenvalue weighted by molar-refractivity contribution is 6.35. The van der Waals surface area contributed by atoms with Crippen molar-refractivity contribution in [3.05, 3.63) is 53.1 Å². The molecule has 4 rings (SSSR count). The molecule has 0 saturated heterocycles. The van der Waals surface area contributed by atoms with Gasteiger partial charge in [0.15, 0.2) is 11.9 Å². The van der Waals surface area contributed by atoms with Gasteiger partial charge >= 0.3 is 6.18 Å². The number of hydrogen-bond acceptors (Lipinski definition) is 5. The van der Waals surface area contributed by atoms with Crippen LogP contribution in [0.5, 0.6) is 5.75 Å². The molecule has 1 aromatic heterocycles. The highest BCUT2D eigenvalue weighted by atomic mass is 19.4. The van der Waals surface area contributed by atoms with Crippen molar-refractivity contribution in [3.8, 4) is 5.75 Å². The summed E-state index contributed by atoms with van der Waals surface area (Å²) in [7, 11) is 2.13. The fourth-order valence-corrected chi connectivity index (χ4v) is 3.49. The number of carbonyl (C=O) groups is 2. The Kier molecular flexibility index (Phi) is 4.30. The van der Waals surface area contributed by atoms with E-state index in [-0.39, 0.29) is 33.6 Å². The predicted octanol–water partition coefficient (Wildman–Crippen LogP) is 3.62. The first-order valence-corrected chi connectivity index (χ1v) is 8.41. The number of nitrogens with zero attached hydrogens (tertiary/aromatic N) is 2. The minimum absolute atomic E-state index is 0.0748. The van der Waals surface area contributed by atoms with Crippen molar-refractivity contribution in [2.45, 2.75) is 12.3 Å². The summed E-state index contributed by atoms with van der Waals surface area (Å²) in [6.45, 7) is 0. The molecule has 2 amide bonds. The number of fused-ring (bicyclic) bond motifs is 2. The van der Waals surface area contributed by atoms with E-state index < -0.39 is 24.1 Å². The van der Waals surface area contributed by atoms with Crippen LogP contribution in [0.4, 0.5) is 19.0 Å². The van der Waals surface area contributed by atoms with Gasteiger partial charge in [0.1, 0.15) is 5.75 Å².